The first-order chi connectivity index (χ1) is 15.5. The number of rotatable bonds is 9. The molecule has 1 unspecified atom stereocenters. The number of hydrogen-bond acceptors (Lipinski definition) is 5. The summed E-state index contributed by atoms with van der Waals surface area (Å²) in [5.74, 6) is 1.67. The highest BCUT2D eigenvalue weighted by Crippen LogP contribution is 2.32. The summed E-state index contributed by atoms with van der Waals surface area (Å²) in [6.07, 6.45) is 3.48. The molecule has 2 aromatic carbocycles. The molecule has 1 amide bonds. The lowest BCUT2D eigenvalue weighted by molar-refractivity contribution is 0.102. The Kier molecular flexibility index (Phi) is 6.92. The van der Waals surface area contributed by atoms with Gasteiger partial charge in [-0.05, 0) is 49.4 Å². The molecule has 1 fully saturated rings. The Morgan fingerprint density at radius 3 is 2.47 bits per heavy atom. The molecule has 1 aliphatic rings. The third kappa shape index (κ3) is 5.57. The molecular formula is C24H27N5O2S. The maximum absolute atomic E-state index is 13.1. The van der Waals surface area contributed by atoms with Crippen molar-refractivity contribution in [1.29, 1.82) is 0 Å². The SMILES string of the molecule is CCCN(CC1CC1)c1cc(C(=O)Nc2ccc(S(N)=O)cc2)nc(-c2ccccc2)n1. The van der Waals surface area contributed by atoms with Gasteiger partial charge < -0.3 is 10.2 Å². The van der Waals surface area contributed by atoms with E-state index in [4.69, 9.17) is 10.1 Å². The van der Waals surface area contributed by atoms with Crippen LogP contribution in [0.5, 0.6) is 0 Å². The molecule has 0 bridgehead atoms. The number of nitrogens with one attached hydrogen (secondary N) is 1. The van der Waals surface area contributed by atoms with Gasteiger partial charge in [-0.15, -0.1) is 0 Å². The topological polar surface area (TPSA) is 101 Å². The van der Waals surface area contributed by atoms with Crippen LogP contribution in [0.1, 0.15) is 36.7 Å². The van der Waals surface area contributed by atoms with Crippen LogP contribution in [0.3, 0.4) is 0 Å². The Hall–Kier alpha value is -3.10. The summed E-state index contributed by atoms with van der Waals surface area (Å²) < 4.78 is 11.4. The van der Waals surface area contributed by atoms with Gasteiger partial charge in [0.15, 0.2) is 5.82 Å². The normalized spacial score (nSPS) is 14.1. The molecule has 1 aliphatic carbocycles. The van der Waals surface area contributed by atoms with E-state index in [0.717, 1.165) is 30.9 Å². The van der Waals surface area contributed by atoms with E-state index in [2.05, 4.69) is 22.1 Å². The number of benzene rings is 2. The van der Waals surface area contributed by atoms with E-state index in [9.17, 15) is 9.00 Å². The van der Waals surface area contributed by atoms with Gasteiger partial charge in [0.2, 0.25) is 0 Å². The summed E-state index contributed by atoms with van der Waals surface area (Å²) in [6, 6.07) is 18.1. The van der Waals surface area contributed by atoms with Crippen molar-refractivity contribution >= 4 is 28.4 Å². The zero-order valence-electron chi connectivity index (χ0n) is 18.0. The fraction of sp³-hybridized carbons (Fsp3) is 0.292. The average molecular weight is 450 g/mol. The third-order valence-electron chi connectivity index (χ3n) is 5.31. The molecule has 3 N–H and O–H groups in total. The second-order valence-corrected chi connectivity index (χ2v) is 9.03. The van der Waals surface area contributed by atoms with Crippen molar-refractivity contribution in [3.8, 4) is 11.4 Å². The van der Waals surface area contributed by atoms with Crippen molar-refractivity contribution in [3.05, 3.63) is 66.4 Å². The van der Waals surface area contributed by atoms with Gasteiger partial charge in [0.05, 0.1) is 4.90 Å². The molecule has 8 heteroatoms. The second-order valence-electron chi connectivity index (χ2n) is 7.97. The summed E-state index contributed by atoms with van der Waals surface area (Å²) in [7, 11) is -1.56. The summed E-state index contributed by atoms with van der Waals surface area (Å²) in [4.78, 5) is 25.2. The van der Waals surface area contributed by atoms with Crippen molar-refractivity contribution in [3.63, 3.8) is 0 Å². The zero-order chi connectivity index (χ0) is 22.5. The molecule has 0 spiro atoms. The van der Waals surface area contributed by atoms with Gasteiger partial charge in [0, 0.05) is 30.4 Å². The Morgan fingerprint density at radius 2 is 1.84 bits per heavy atom. The molecule has 4 rings (SSSR count). The number of carbonyl (C=O) groups excluding carboxylic acids is 1. The van der Waals surface area contributed by atoms with E-state index in [1.54, 1.807) is 30.3 Å². The minimum absolute atomic E-state index is 0.303. The average Bonchev–Trinajstić information content (AvgIpc) is 3.63. The van der Waals surface area contributed by atoms with Gasteiger partial charge >= 0.3 is 0 Å². The second kappa shape index (κ2) is 10.0. The first-order valence-corrected chi connectivity index (χ1v) is 12.0. The van der Waals surface area contributed by atoms with Crippen LogP contribution in [0.2, 0.25) is 0 Å². The van der Waals surface area contributed by atoms with E-state index in [-0.39, 0.29) is 5.91 Å². The summed E-state index contributed by atoms with van der Waals surface area (Å²) in [5.41, 5.74) is 1.74. The van der Waals surface area contributed by atoms with Gasteiger partial charge in [0.25, 0.3) is 5.91 Å². The molecule has 0 saturated heterocycles. The van der Waals surface area contributed by atoms with Crippen molar-refractivity contribution < 1.29 is 9.00 Å². The lowest BCUT2D eigenvalue weighted by atomic mass is 10.2. The molecule has 166 valence electrons. The molecule has 1 aromatic heterocycles. The van der Waals surface area contributed by atoms with E-state index in [1.807, 2.05) is 30.3 Å². The third-order valence-corrected chi connectivity index (χ3v) is 6.05. The lowest BCUT2D eigenvalue weighted by Gasteiger charge is -2.24. The number of nitrogens with two attached hydrogens (primary N) is 1. The minimum atomic E-state index is -1.56. The lowest BCUT2D eigenvalue weighted by Crippen LogP contribution is -2.28. The quantitative estimate of drug-likeness (QED) is 0.514. The molecule has 1 heterocycles. The van der Waals surface area contributed by atoms with Crippen LogP contribution in [0, 0.1) is 5.92 Å². The first-order valence-electron chi connectivity index (χ1n) is 10.8. The molecule has 7 nitrogen and oxygen atoms in total. The number of nitrogens with zero attached hydrogens (tertiary/aromatic N) is 3. The van der Waals surface area contributed by atoms with E-state index in [0.29, 0.717) is 28.0 Å². The van der Waals surface area contributed by atoms with Crippen molar-refractivity contribution in [2.75, 3.05) is 23.3 Å². The number of hydrogen-bond donors (Lipinski definition) is 2. The number of carbonyl (C=O) groups is 1. The maximum atomic E-state index is 13.1. The molecule has 0 aliphatic heterocycles. The minimum Gasteiger partial charge on any atom is -0.356 e. The van der Waals surface area contributed by atoms with Crippen LogP contribution < -0.4 is 15.4 Å². The van der Waals surface area contributed by atoms with Gasteiger partial charge in [-0.25, -0.2) is 19.3 Å². The van der Waals surface area contributed by atoms with Crippen LogP contribution in [0.4, 0.5) is 11.5 Å². The maximum Gasteiger partial charge on any atom is 0.274 e. The summed E-state index contributed by atoms with van der Waals surface area (Å²) in [5, 5.41) is 8.27. The van der Waals surface area contributed by atoms with Crippen LogP contribution in [0.15, 0.2) is 65.6 Å². The smallest absolute Gasteiger partial charge is 0.274 e. The first kappa shape index (κ1) is 22.1. The van der Waals surface area contributed by atoms with Gasteiger partial charge in [0.1, 0.15) is 22.5 Å². The Bertz CT molecular complexity index is 1100. The molecule has 0 radical (unpaired) electrons. The Labute approximate surface area is 190 Å². The Morgan fingerprint density at radius 1 is 1.12 bits per heavy atom. The summed E-state index contributed by atoms with van der Waals surface area (Å²) in [6.45, 7) is 3.96. The molecule has 1 atom stereocenters. The van der Waals surface area contributed by atoms with E-state index in [1.165, 1.54) is 12.8 Å². The predicted octanol–water partition coefficient (Wildman–Crippen LogP) is 4.00. The standard InChI is InChI=1S/C24H27N5O2S/c1-2-14-29(16-17-8-9-17)22-15-21(27-23(28-22)18-6-4-3-5-7-18)24(30)26-19-10-12-20(13-11-19)32(25)31/h3-7,10-13,15,17H,2,8-9,14,16,25H2,1H3,(H,26,30). The highest BCUT2D eigenvalue weighted by molar-refractivity contribution is 7.82. The summed E-state index contributed by atoms with van der Waals surface area (Å²) >= 11 is 0. The molecule has 32 heavy (non-hydrogen) atoms. The van der Waals surface area contributed by atoms with Crippen LogP contribution in [-0.2, 0) is 11.0 Å². The molecular weight excluding hydrogens is 422 g/mol. The molecule has 1 saturated carbocycles. The van der Waals surface area contributed by atoms with Crippen LogP contribution in [0.25, 0.3) is 11.4 Å². The van der Waals surface area contributed by atoms with Crippen LogP contribution >= 0.6 is 0 Å². The van der Waals surface area contributed by atoms with Crippen molar-refractivity contribution in [2.24, 2.45) is 11.1 Å². The fourth-order valence-corrected chi connectivity index (χ4v) is 3.88. The largest absolute Gasteiger partial charge is 0.356 e. The highest BCUT2D eigenvalue weighted by Gasteiger charge is 2.26. The zero-order valence-corrected chi connectivity index (χ0v) is 18.8. The number of aromatic nitrogens is 2. The highest BCUT2D eigenvalue weighted by atomic mass is 32.2. The fourth-order valence-electron chi connectivity index (χ4n) is 3.48. The van der Waals surface area contributed by atoms with Gasteiger partial charge in [-0.3, -0.25) is 4.79 Å². The van der Waals surface area contributed by atoms with Gasteiger partial charge in [-0.1, -0.05) is 37.3 Å². The molecule has 3 aromatic rings. The van der Waals surface area contributed by atoms with E-state index < -0.39 is 11.0 Å². The monoisotopic (exact) mass is 449 g/mol. The van der Waals surface area contributed by atoms with Crippen molar-refractivity contribution in [1.82, 2.24) is 9.97 Å². The number of anilines is 2. The van der Waals surface area contributed by atoms with Gasteiger partial charge in [-0.2, -0.15) is 0 Å². The number of amides is 1. The Balaban J connectivity index is 1.66. The van der Waals surface area contributed by atoms with Crippen LogP contribution in [-0.4, -0.2) is 33.2 Å². The van der Waals surface area contributed by atoms with E-state index >= 15 is 0 Å². The van der Waals surface area contributed by atoms with Crippen molar-refractivity contribution in [2.45, 2.75) is 31.1 Å². The predicted molar refractivity (Wildman–Crippen MR) is 128 cm³/mol.